The van der Waals surface area contributed by atoms with Crippen molar-refractivity contribution in [2.45, 2.75) is 13.5 Å². The molecule has 1 N–H and O–H groups in total. The highest BCUT2D eigenvalue weighted by Gasteiger charge is 2.28. The molecule has 1 aliphatic rings. The molecule has 0 saturated heterocycles. The number of aromatic amines is 1. The molecular formula is C17H17N5. The second-order valence-corrected chi connectivity index (χ2v) is 5.49. The van der Waals surface area contributed by atoms with Gasteiger partial charge in [-0.3, -0.25) is 5.10 Å². The number of para-hydroxylation sites is 1. The lowest BCUT2D eigenvalue weighted by Gasteiger charge is -2.20. The summed E-state index contributed by atoms with van der Waals surface area (Å²) in [4.78, 5) is 9.10. The molecule has 0 fully saturated rings. The number of nitrogens with zero attached hydrogens (tertiary/aromatic N) is 4. The Hall–Kier alpha value is -2.82. The van der Waals surface area contributed by atoms with Gasteiger partial charge in [0.05, 0.1) is 24.6 Å². The first-order valence-corrected chi connectivity index (χ1v) is 7.35. The van der Waals surface area contributed by atoms with Gasteiger partial charge in [0.15, 0.2) is 5.82 Å². The van der Waals surface area contributed by atoms with E-state index < -0.39 is 0 Å². The highest BCUT2D eigenvalue weighted by Crippen LogP contribution is 2.38. The van der Waals surface area contributed by atoms with Gasteiger partial charge in [-0.05, 0) is 37.3 Å². The van der Waals surface area contributed by atoms with Crippen LogP contribution in [-0.4, -0.2) is 21.9 Å². The molecule has 0 radical (unpaired) electrons. The minimum Gasteiger partial charge on any atom is -0.344 e. The number of anilines is 3. The molecule has 1 aliphatic heterocycles. The molecule has 0 amide bonds. The Balaban J connectivity index is 1.68. The third kappa shape index (κ3) is 2.20. The van der Waals surface area contributed by atoms with Crippen LogP contribution in [-0.2, 0) is 6.54 Å². The number of hydrogen-bond donors (Lipinski definition) is 1. The summed E-state index contributed by atoms with van der Waals surface area (Å²) in [6, 6.07) is 16.5. The van der Waals surface area contributed by atoms with Crippen molar-refractivity contribution < 1.29 is 0 Å². The van der Waals surface area contributed by atoms with Crippen LogP contribution in [0.4, 0.5) is 17.2 Å². The number of hydrogen-bond acceptors (Lipinski definition) is 4. The zero-order chi connectivity index (χ0) is 14.9. The van der Waals surface area contributed by atoms with Crippen LogP contribution in [0.5, 0.6) is 0 Å². The van der Waals surface area contributed by atoms with Gasteiger partial charge >= 0.3 is 0 Å². The zero-order valence-corrected chi connectivity index (χ0v) is 12.4. The molecule has 4 rings (SSSR count). The van der Waals surface area contributed by atoms with Crippen LogP contribution in [0.1, 0.15) is 11.4 Å². The largest absolute Gasteiger partial charge is 0.344 e. The van der Waals surface area contributed by atoms with Crippen LogP contribution in [0.25, 0.3) is 0 Å². The molecule has 22 heavy (non-hydrogen) atoms. The third-order valence-corrected chi connectivity index (χ3v) is 3.85. The van der Waals surface area contributed by atoms with E-state index >= 15 is 0 Å². The number of nitrogens with one attached hydrogen (secondary N) is 1. The first-order chi connectivity index (χ1) is 10.8. The lowest BCUT2D eigenvalue weighted by Crippen LogP contribution is -2.27. The van der Waals surface area contributed by atoms with E-state index in [9.17, 15) is 0 Å². The summed E-state index contributed by atoms with van der Waals surface area (Å²) in [7, 11) is 0. The Morgan fingerprint density at radius 3 is 2.77 bits per heavy atom. The van der Waals surface area contributed by atoms with Crippen molar-refractivity contribution in [3.63, 3.8) is 0 Å². The van der Waals surface area contributed by atoms with Crippen molar-refractivity contribution in [2.24, 2.45) is 0 Å². The third-order valence-electron chi connectivity index (χ3n) is 3.85. The molecule has 5 nitrogen and oxygen atoms in total. The van der Waals surface area contributed by atoms with Crippen LogP contribution < -0.4 is 9.80 Å². The van der Waals surface area contributed by atoms with Gasteiger partial charge in [0, 0.05) is 17.6 Å². The van der Waals surface area contributed by atoms with Crippen molar-refractivity contribution in [3.05, 3.63) is 66.1 Å². The average Bonchev–Trinajstić information content (AvgIpc) is 3.13. The molecule has 0 saturated carbocycles. The van der Waals surface area contributed by atoms with Crippen LogP contribution >= 0.6 is 0 Å². The summed E-state index contributed by atoms with van der Waals surface area (Å²) in [5.74, 6) is 1.00. The first kappa shape index (κ1) is 12.9. The van der Waals surface area contributed by atoms with Crippen molar-refractivity contribution >= 4 is 17.2 Å². The molecule has 0 atom stereocenters. The molecule has 2 aromatic heterocycles. The highest BCUT2D eigenvalue weighted by molar-refractivity contribution is 5.78. The zero-order valence-electron chi connectivity index (χ0n) is 12.4. The Morgan fingerprint density at radius 2 is 2.00 bits per heavy atom. The number of aryl methyl sites for hydroxylation is 1. The molecule has 0 aliphatic carbocycles. The van der Waals surface area contributed by atoms with E-state index in [1.165, 1.54) is 0 Å². The SMILES string of the molecule is Cc1cc(CN2CN(c3ccccc3)c3ncccc32)n[nH]1. The predicted octanol–water partition coefficient (Wildman–Crippen LogP) is 3.23. The van der Waals surface area contributed by atoms with Gasteiger partial charge in [0.1, 0.15) is 0 Å². The summed E-state index contributed by atoms with van der Waals surface area (Å²) < 4.78 is 0. The number of aromatic nitrogens is 3. The summed E-state index contributed by atoms with van der Waals surface area (Å²) in [5.41, 5.74) is 4.43. The second-order valence-electron chi connectivity index (χ2n) is 5.49. The van der Waals surface area contributed by atoms with E-state index in [4.69, 9.17) is 0 Å². The molecule has 3 aromatic rings. The van der Waals surface area contributed by atoms with Crippen LogP contribution in [0.3, 0.4) is 0 Å². The van der Waals surface area contributed by atoms with Gasteiger partial charge in [0.25, 0.3) is 0 Å². The fourth-order valence-electron chi connectivity index (χ4n) is 2.86. The molecule has 0 spiro atoms. The van der Waals surface area contributed by atoms with E-state index in [0.29, 0.717) is 0 Å². The average molecular weight is 291 g/mol. The Kier molecular flexibility index (Phi) is 3.04. The summed E-state index contributed by atoms with van der Waals surface area (Å²) in [6.45, 7) is 3.57. The monoisotopic (exact) mass is 291 g/mol. The molecule has 0 unspecified atom stereocenters. The molecular weight excluding hydrogens is 274 g/mol. The first-order valence-electron chi connectivity index (χ1n) is 7.35. The van der Waals surface area contributed by atoms with E-state index in [2.05, 4.69) is 61.4 Å². The Morgan fingerprint density at radius 1 is 1.14 bits per heavy atom. The molecule has 0 bridgehead atoms. The molecule has 110 valence electrons. The minimum absolute atomic E-state index is 0.770. The van der Waals surface area contributed by atoms with Crippen molar-refractivity contribution in [1.29, 1.82) is 0 Å². The van der Waals surface area contributed by atoms with Crippen molar-refractivity contribution in [2.75, 3.05) is 16.5 Å². The van der Waals surface area contributed by atoms with Crippen molar-refractivity contribution in [3.8, 4) is 0 Å². The fourth-order valence-corrected chi connectivity index (χ4v) is 2.86. The van der Waals surface area contributed by atoms with Gasteiger partial charge in [-0.2, -0.15) is 5.10 Å². The maximum atomic E-state index is 4.57. The van der Waals surface area contributed by atoms with E-state index in [0.717, 1.165) is 41.8 Å². The number of fused-ring (bicyclic) bond motifs is 1. The molecule has 5 heteroatoms. The van der Waals surface area contributed by atoms with Crippen LogP contribution in [0, 0.1) is 6.92 Å². The quantitative estimate of drug-likeness (QED) is 0.805. The van der Waals surface area contributed by atoms with E-state index in [1.807, 2.05) is 25.3 Å². The topological polar surface area (TPSA) is 48.1 Å². The maximum Gasteiger partial charge on any atom is 0.158 e. The number of benzene rings is 1. The standard InChI is InChI=1S/C17H17N5/c1-13-10-14(20-19-13)11-21-12-22(15-6-3-2-4-7-15)17-16(21)8-5-9-18-17/h2-10H,11-12H2,1H3,(H,19,20). The van der Waals surface area contributed by atoms with E-state index in [-0.39, 0.29) is 0 Å². The summed E-state index contributed by atoms with van der Waals surface area (Å²) in [6.07, 6.45) is 1.84. The van der Waals surface area contributed by atoms with Crippen LogP contribution in [0.15, 0.2) is 54.7 Å². The predicted molar refractivity (Wildman–Crippen MR) is 87.2 cm³/mol. The number of pyridine rings is 1. The van der Waals surface area contributed by atoms with Gasteiger partial charge in [0.2, 0.25) is 0 Å². The lowest BCUT2D eigenvalue weighted by molar-refractivity contribution is 0.805. The second kappa shape index (κ2) is 5.18. The van der Waals surface area contributed by atoms with Gasteiger partial charge in [-0.25, -0.2) is 4.98 Å². The molecule has 3 heterocycles. The molecule has 1 aromatic carbocycles. The smallest absolute Gasteiger partial charge is 0.158 e. The maximum absolute atomic E-state index is 4.57. The normalized spacial score (nSPS) is 13.5. The van der Waals surface area contributed by atoms with Crippen LogP contribution in [0.2, 0.25) is 0 Å². The Bertz CT molecular complexity index is 781. The fraction of sp³-hybridized carbons (Fsp3) is 0.176. The van der Waals surface area contributed by atoms with Crippen molar-refractivity contribution in [1.82, 2.24) is 15.2 Å². The summed E-state index contributed by atoms with van der Waals surface area (Å²) in [5, 5.41) is 7.35. The van der Waals surface area contributed by atoms with Gasteiger partial charge in [-0.1, -0.05) is 18.2 Å². The Labute approximate surface area is 129 Å². The highest BCUT2D eigenvalue weighted by atomic mass is 15.4. The number of rotatable bonds is 3. The van der Waals surface area contributed by atoms with Gasteiger partial charge in [-0.15, -0.1) is 0 Å². The van der Waals surface area contributed by atoms with Gasteiger partial charge < -0.3 is 9.80 Å². The summed E-state index contributed by atoms with van der Waals surface area (Å²) >= 11 is 0. The van der Waals surface area contributed by atoms with E-state index in [1.54, 1.807) is 0 Å². The minimum atomic E-state index is 0.770. The lowest BCUT2D eigenvalue weighted by atomic mass is 10.3. The number of H-pyrrole nitrogens is 1.